The molecular formula is C23H32N4O6. The number of rotatable bonds is 9. The Labute approximate surface area is 193 Å². The van der Waals surface area contributed by atoms with Gasteiger partial charge in [-0.2, -0.15) is 0 Å². The first-order valence-electron chi connectivity index (χ1n) is 10.4. The molecule has 1 aromatic carbocycles. The smallest absolute Gasteiger partial charge is 0.408 e. The average molecular weight is 461 g/mol. The molecule has 0 aromatic heterocycles. The van der Waals surface area contributed by atoms with Crippen LogP contribution in [0.25, 0.3) is 0 Å². The van der Waals surface area contributed by atoms with E-state index in [-0.39, 0.29) is 30.2 Å². The number of phenolic OH excluding ortho intramolecular Hbond substituents is 1. The third-order valence-electron chi connectivity index (χ3n) is 4.17. The van der Waals surface area contributed by atoms with Gasteiger partial charge in [-0.25, -0.2) is 4.79 Å². The van der Waals surface area contributed by atoms with Crippen molar-refractivity contribution in [3.63, 3.8) is 0 Å². The van der Waals surface area contributed by atoms with E-state index in [0.29, 0.717) is 0 Å². The van der Waals surface area contributed by atoms with Gasteiger partial charge in [0.2, 0.25) is 11.8 Å². The lowest BCUT2D eigenvalue weighted by molar-refractivity contribution is -0.139. The van der Waals surface area contributed by atoms with Crippen molar-refractivity contribution in [2.45, 2.75) is 71.2 Å². The molecular weight excluding hydrogens is 428 g/mol. The molecule has 33 heavy (non-hydrogen) atoms. The second-order valence-electron chi connectivity index (χ2n) is 8.70. The maximum atomic E-state index is 13.4. The summed E-state index contributed by atoms with van der Waals surface area (Å²) in [5, 5.41) is 15.0. The zero-order valence-electron chi connectivity index (χ0n) is 19.5. The summed E-state index contributed by atoms with van der Waals surface area (Å²) in [4.78, 5) is 50.8. The van der Waals surface area contributed by atoms with Crippen molar-refractivity contribution in [1.29, 1.82) is 0 Å². The first kappa shape index (κ1) is 27.3. The van der Waals surface area contributed by atoms with Crippen LogP contribution in [0.1, 0.15) is 59.1 Å². The molecule has 0 radical (unpaired) electrons. The van der Waals surface area contributed by atoms with Gasteiger partial charge in [-0.3, -0.25) is 19.3 Å². The van der Waals surface area contributed by atoms with Crippen molar-refractivity contribution in [2.24, 2.45) is 5.73 Å². The van der Waals surface area contributed by atoms with E-state index in [0.717, 1.165) is 4.90 Å². The van der Waals surface area contributed by atoms with Gasteiger partial charge in [-0.1, -0.05) is 18.6 Å². The number of carbonyl (C=O) groups is 4. The Bertz CT molecular complexity index is 916. The monoisotopic (exact) mass is 460 g/mol. The van der Waals surface area contributed by atoms with E-state index in [9.17, 15) is 24.3 Å². The van der Waals surface area contributed by atoms with E-state index in [1.807, 2.05) is 0 Å². The molecule has 0 aliphatic heterocycles. The number of benzene rings is 1. The first-order chi connectivity index (χ1) is 15.2. The number of ether oxygens (including phenoxy) is 1. The minimum Gasteiger partial charge on any atom is -0.508 e. The number of nitrogens with two attached hydrogens (primary N) is 1. The highest BCUT2D eigenvalue weighted by atomic mass is 16.6. The van der Waals surface area contributed by atoms with E-state index in [2.05, 4.69) is 16.7 Å². The van der Waals surface area contributed by atoms with Crippen molar-refractivity contribution in [2.75, 3.05) is 0 Å². The first-order valence-corrected chi connectivity index (χ1v) is 10.4. The second-order valence-corrected chi connectivity index (χ2v) is 8.70. The predicted molar refractivity (Wildman–Crippen MR) is 121 cm³/mol. The number of nitrogens with zero attached hydrogens (tertiary/aromatic N) is 1. The number of amides is 4. The van der Waals surface area contributed by atoms with Gasteiger partial charge in [0.1, 0.15) is 23.4 Å². The quantitative estimate of drug-likeness (QED) is 0.324. The maximum absolute atomic E-state index is 13.4. The van der Waals surface area contributed by atoms with Crippen molar-refractivity contribution in [3.05, 3.63) is 29.8 Å². The third-order valence-corrected chi connectivity index (χ3v) is 4.17. The molecule has 0 fully saturated rings. The van der Waals surface area contributed by atoms with Crippen LogP contribution in [0.4, 0.5) is 4.79 Å². The molecule has 5 N–H and O–H groups in total. The van der Waals surface area contributed by atoms with Crippen LogP contribution in [0.3, 0.4) is 0 Å². The van der Waals surface area contributed by atoms with Gasteiger partial charge in [-0.05, 0) is 58.7 Å². The summed E-state index contributed by atoms with van der Waals surface area (Å²) >= 11 is 0. The summed E-state index contributed by atoms with van der Waals surface area (Å²) in [7, 11) is 0. The highest BCUT2D eigenvalue weighted by molar-refractivity contribution is 5.93. The van der Waals surface area contributed by atoms with Gasteiger partial charge >= 0.3 is 6.09 Å². The van der Waals surface area contributed by atoms with E-state index >= 15 is 0 Å². The van der Waals surface area contributed by atoms with Crippen LogP contribution in [-0.2, 0) is 19.1 Å². The maximum Gasteiger partial charge on any atom is 0.408 e. The van der Waals surface area contributed by atoms with E-state index in [4.69, 9.17) is 16.9 Å². The fourth-order valence-corrected chi connectivity index (χ4v) is 2.90. The lowest BCUT2D eigenvalue weighted by Crippen LogP contribution is -2.52. The highest BCUT2D eigenvalue weighted by Crippen LogP contribution is 2.25. The third kappa shape index (κ3) is 9.11. The SMILES string of the molecule is C#CN(C(=O)C(CCC(N)=O)NC(=O)OC(C)(C)C)C(C(=O)NC(C)C)c1cccc(O)c1. The van der Waals surface area contributed by atoms with Crippen LogP contribution in [-0.4, -0.2) is 51.5 Å². The molecule has 10 nitrogen and oxygen atoms in total. The topological polar surface area (TPSA) is 151 Å². The van der Waals surface area contributed by atoms with Gasteiger partial charge in [0.05, 0.1) is 0 Å². The van der Waals surface area contributed by atoms with Gasteiger partial charge in [-0.15, -0.1) is 0 Å². The number of phenols is 1. The van der Waals surface area contributed by atoms with Crippen molar-refractivity contribution in [3.8, 4) is 18.2 Å². The molecule has 1 aromatic rings. The van der Waals surface area contributed by atoms with Crippen LogP contribution in [0, 0.1) is 12.5 Å². The Hall–Kier alpha value is -3.74. The molecule has 0 saturated carbocycles. The molecule has 2 atom stereocenters. The number of hydrogen-bond acceptors (Lipinski definition) is 6. The van der Waals surface area contributed by atoms with E-state index in [1.54, 1.807) is 34.6 Å². The second kappa shape index (κ2) is 11.8. The Morgan fingerprint density at radius 1 is 1.21 bits per heavy atom. The zero-order valence-corrected chi connectivity index (χ0v) is 19.5. The Kier molecular flexibility index (Phi) is 9.73. The van der Waals surface area contributed by atoms with Crippen LogP contribution >= 0.6 is 0 Å². The number of hydrogen-bond donors (Lipinski definition) is 4. The Morgan fingerprint density at radius 3 is 2.33 bits per heavy atom. The normalized spacial score (nSPS) is 12.8. The molecule has 1 rings (SSSR count). The molecule has 0 bridgehead atoms. The fourth-order valence-electron chi connectivity index (χ4n) is 2.90. The minimum atomic E-state index is -1.31. The van der Waals surface area contributed by atoms with Gasteiger partial charge in [0.15, 0.2) is 0 Å². The highest BCUT2D eigenvalue weighted by Gasteiger charge is 2.36. The minimum absolute atomic E-state index is 0.128. The van der Waals surface area contributed by atoms with E-state index in [1.165, 1.54) is 24.3 Å². The van der Waals surface area contributed by atoms with Crippen molar-refractivity contribution in [1.82, 2.24) is 15.5 Å². The number of carbonyl (C=O) groups excluding carboxylic acids is 4. The van der Waals surface area contributed by atoms with Crippen molar-refractivity contribution >= 4 is 23.8 Å². The van der Waals surface area contributed by atoms with Crippen LogP contribution in [0.15, 0.2) is 24.3 Å². The summed E-state index contributed by atoms with van der Waals surface area (Å²) in [6, 6.07) is 5.07. The van der Waals surface area contributed by atoms with Crippen molar-refractivity contribution < 1.29 is 29.0 Å². The van der Waals surface area contributed by atoms with E-state index < -0.39 is 41.5 Å². The molecule has 4 amide bonds. The molecule has 2 unspecified atom stereocenters. The van der Waals surface area contributed by atoms with Gasteiger partial charge in [0.25, 0.3) is 5.91 Å². The summed E-state index contributed by atoms with van der Waals surface area (Å²) in [6.45, 7) is 8.41. The summed E-state index contributed by atoms with van der Waals surface area (Å²) in [5.41, 5.74) is 4.63. The lowest BCUT2D eigenvalue weighted by Gasteiger charge is -2.30. The average Bonchev–Trinajstić information content (AvgIpc) is 2.66. The summed E-state index contributed by atoms with van der Waals surface area (Å²) in [5.74, 6) is -2.23. The number of alkyl carbamates (subject to hydrolysis) is 1. The van der Waals surface area contributed by atoms with Gasteiger partial charge in [0, 0.05) is 18.5 Å². The molecule has 0 aliphatic rings. The summed E-state index contributed by atoms with van der Waals surface area (Å²) in [6.07, 6.45) is 4.34. The van der Waals surface area contributed by atoms with Gasteiger partial charge < -0.3 is 26.2 Å². The number of terminal acetylenes is 1. The largest absolute Gasteiger partial charge is 0.508 e. The Balaban J connectivity index is 3.36. The number of primary amides is 1. The number of aromatic hydroxyl groups is 1. The molecule has 10 heteroatoms. The zero-order chi connectivity index (χ0) is 25.3. The molecule has 0 aliphatic carbocycles. The fraction of sp³-hybridized carbons (Fsp3) is 0.478. The predicted octanol–water partition coefficient (Wildman–Crippen LogP) is 1.54. The molecule has 180 valence electrons. The van der Waals surface area contributed by atoms with Crippen LogP contribution in [0.2, 0.25) is 0 Å². The lowest BCUT2D eigenvalue weighted by atomic mass is 10.0. The molecule has 0 saturated heterocycles. The number of nitrogens with one attached hydrogen (secondary N) is 2. The molecule has 0 heterocycles. The van der Waals surface area contributed by atoms with Crippen LogP contribution < -0.4 is 16.4 Å². The summed E-state index contributed by atoms with van der Waals surface area (Å²) < 4.78 is 5.20. The standard InChI is InChI=1S/C23H32N4O6/c1-7-27(19(20(30)25-14(2)3)15-9-8-10-16(28)13-15)21(31)17(11-12-18(24)29)26-22(32)33-23(4,5)6/h1,8-10,13-14,17,19,28H,11-12H2,2-6H3,(H2,24,29)(H,25,30)(H,26,32). The van der Waals surface area contributed by atoms with Crippen LogP contribution in [0.5, 0.6) is 5.75 Å². The Morgan fingerprint density at radius 2 is 1.85 bits per heavy atom. The molecule has 0 spiro atoms.